The molecular formula is C37H72N2O. The van der Waals surface area contributed by atoms with Crippen molar-refractivity contribution < 1.29 is 4.79 Å². The molecule has 1 rings (SSSR count). The van der Waals surface area contributed by atoms with Gasteiger partial charge in [0.25, 0.3) is 0 Å². The number of unbranched alkanes of at least 4 members (excludes halogenated alkanes) is 16. The van der Waals surface area contributed by atoms with Crippen LogP contribution in [0.25, 0.3) is 0 Å². The lowest BCUT2D eigenvalue weighted by Gasteiger charge is -2.09. The molecule has 3 heteroatoms. The zero-order chi connectivity index (χ0) is 29.1. The SMILES string of the molecule is CCCCCCCCCCC(=CCCCCC1CC1CCNC(=O)CCCN(C)C)CCCCCCCCCC. The van der Waals surface area contributed by atoms with Gasteiger partial charge >= 0.3 is 0 Å². The topological polar surface area (TPSA) is 32.3 Å². The highest BCUT2D eigenvalue weighted by Crippen LogP contribution is 2.44. The molecule has 1 amide bonds. The molecule has 0 radical (unpaired) electrons. The summed E-state index contributed by atoms with van der Waals surface area (Å²) in [6, 6.07) is 0. The van der Waals surface area contributed by atoms with E-state index >= 15 is 0 Å². The van der Waals surface area contributed by atoms with Crippen LogP contribution >= 0.6 is 0 Å². The van der Waals surface area contributed by atoms with Crippen LogP contribution in [0.15, 0.2) is 11.6 Å². The van der Waals surface area contributed by atoms with E-state index in [4.69, 9.17) is 0 Å². The predicted molar refractivity (Wildman–Crippen MR) is 178 cm³/mol. The maximum Gasteiger partial charge on any atom is 0.220 e. The number of nitrogens with zero attached hydrogens (tertiary/aromatic N) is 1. The molecule has 1 fully saturated rings. The molecule has 0 aromatic rings. The highest BCUT2D eigenvalue weighted by atomic mass is 16.1. The summed E-state index contributed by atoms with van der Waals surface area (Å²) >= 11 is 0. The van der Waals surface area contributed by atoms with Gasteiger partial charge in [-0.05, 0) is 90.3 Å². The van der Waals surface area contributed by atoms with Crippen molar-refractivity contribution in [2.75, 3.05) is 27.2 Å². The lowest BCUT2D eigenvalue weighted by molar-refractivity contribution is -0.121. The molecule has 0 heterocycles. The van der Waals surface area contributed by atoms with Crippen molar-refractivity contribution >= 4 is 5.91 Å². The molecule has 2 unspecified atom stereocenters. The minimum absolute atomic E-state index is 0.237. The van der Waals surface area contributed by atoms with Crippen LogP contribution in [-0.4, -0.2) is 38.0 Å². The summed E-state index contributed by atoms with van der Waals surface area (Å²) in [5, 5.41) is 3.14. The molecule has 1 aliphatic rings. The quantitative estimate of drug-likeness (QED) is 0.0700. The van der Waals surface area contributed by atoms with Gasteiger partial charge in [0.05, 0.1) is 0 Å². The first-order valence-corrected chi connectivity index (χ1v) is 18.2. The van der Waals surface area contributed by atoms with Gasteiger partial charge in [-0.25, -0.2) is 0 Å². The van der Waals surface area contributed by atoms with Gasteiger partial charge in [0.1, 0.15) is 0 Å². The van der Waals surface area contributed by atoms with Crippen molar-refractivity contribution in [3.63, 3.8) is 0 Å². The Kier molecular flexibility index (Phi) is 25.1. The lowest BCUT2D eigenvalue weighted by Crippen LogP contribution is -2.25. The number of allylic oxidation sites excluding steroid dienone is 2. The van der Waals surface area contributed by atoms with E-state index in [1.807, 2.05) is 0 Å². The fourth-order valence-electron chi connectivity index (χ4n) is 6.22. The molecule has 2 atom stereocenters. The standard InChI is InChI=1S/C37H72N2O/c1-5-7-9-11-13-15-17-20-25-34(26-21-18-16-14-12-10-8-6-2)27-22-19-23-28-35-33-36(35)30-31-38-37(40)29-24-32-39(3)4/h27,35-36H,5-26,28-33H2,1-4H3,(H,38,40). The van der Waals surface area contributed by atoms with Crippen molar-refractivity contribution in [1.29, 1.82) is 0 Å². The van der Waals surface area contributed by atoms with E-state index < -0.39 is 0 Å². The molecule has 1 saturated carbocycles. The lowest BCUT2D eigenvalue weighted by atomic mass is 9.97. The van der Waals surface area contributed by atoms with Gasteiger partial charge in [0.2, 0.25) is 5.91 Å². The smallest absolute Gasteiger partial charge is 0.220 e. The number of carbonyl (C=O) groups is 1. The van der Waals surface area contributed by atoms with Gasteiger partial charge in [-0.3, -0.25) is 4.79 Å². The third-order valence-corrected chi connectivity index (χ3v) is 9.08. The highest BCUT2D eigenvalue weighted by Gasteiger charge is 2.35. The van der Waals surface area contributed by atoms with E-state index in [-0.39, 0.29) is 5.91 Å². The Bertz CT molecular complexity index is 577. The van der Waals surface area contributed by atoms with E-state index in [1.165, 1.54) is 154 Å². The Labute approximate surface area is 252 Å². The first-order chi connectivity index (χ1) is 19.6. The van der Waals surface area contributed by atoms with Crippen LogP contribution in [0.1, 0.15) is 181 Å². The summed E-state index contributed by atoms with van der Waals surface area (Å²) < 4.78 is 0. The summed E-state index contributed by atoms with van der Waals surface area (Å²) in [4.78, 5) is 14.1. The van der Waals surface area contributed by atoms with Crippen LogP contribution in [0.2, 0.25) is 0 Å². The molecule has 1 aliphatic carbocycles. The van der Waals surface area contributed by atoms with Gasteiger partial charge in [-0.2, -0.15) is 0 Å². The Hall–Kier alpha value is -0.830. The molecule has 0 aliphatic heterocycles. The van der Waals surface area contributed by atoms with E-state index in [2.05, 4.69) is 44.2 Å². The fourth-order valence-corrected chi connectivity index (χ4v) is 6.22. The molecule has 40 heavy (non-hydrogen) atoms. The molecule has 0 spiro atoms. The molecule has 0 aromatic heterocycles. The summed E-state index contributed by atoms with van der Waals surface area (Å²) in [5.41, 5.74) is 1.78. The molecule has 3 nitrogen and oxygen atoms in total. The second kappa shape index (κ2) is 27.0. The summed E-state index contributed by atoms with van der Waals surface area (Å²) in [6.45, 7) is 6.49. The van der Waals surface area contributed by atoms with E-state index in [1.54, 1.807) is 5.57 Å². The van der Waals surface area contributed by atoms with Crippen LogP contribution in [0, 0.1) is 11.8 Å². The Morgan fingerprint density at radius 1 is 0.650 bits per heavy atom. The Balaban J connectivity index is 2.16. The van der Waals surface area contributed by atoms with Gasteiger partial charge < -0.3 is 10.2 Å². The molecule has 0 bridgehead atoms. The second-order valence-electron chi connectivity index (χ2n) is 13.4. The maximum atomic E-state index is 12.0. The van der Waals surface area contributed by atoms with Crippen LogP contribution in [0.5, 0.6) is 0 Å². The Morgan fingerprint density at radius 2 is 1.18 bits per heavy atom. The van der Waals surface area contributed by atoms with Crippen molar-refractivity contribution in [2.45, 2.75) is 181 Å². The van der Waals surface area contributed by atoms with Gasteiger partial charge in [0.15, 0.2) is 0 Å². The predicted octanol–water partition coefficient (Wildman–Crippen LogP) is 11.0. The average molecular weight is 561 g/mol. The molecular weight excluding hydrogens is 488 g/mol. The number of hydrogen-bond donors (Lipinski definition) is 1. The van der Waals surface area contributed by atoms with Crippen LogP contribution in [-0.2, 0) is 4.79 Å². The van der Waals surface area contributed by atoms with Crippen molar-refractivity contribution in [3.05, 3.63) is 11.6 Å². The van der Waals surface area contributed by atoms with Gasteiger partial charge in [0, 0.05) is 13.0 Å². The normalized spacial score (nSPS) is 16.4. The van der Waals surface area contributed by atoms with E-state index in [0.29, 0.717) is 6.42 Å². The monoisotopic (exact) mass is 561 g/mol. The third kappa shape index (κ3) is 23.8. The molecule has 1 N–H and O–H groups in total. The number of nitrogens with one attached hydrogen (secondary N) is 1. The van der Waals surface area contributed by atoms with Crippen molar-refractivity contribution in [2.24, 2.45) is 11.8 Å². The number of hydrogen-bond acceptors (Lipinski definition) is 2. The minimum atomic E-state index is 0.237. The summed E-state index contributed by atoms with van der Waals surface area (Å²) in [5.74, 6) is 2.04. The van der Waals surface area contributed by atoms with Crippen LogP contribution < -0.4 is 5.32 Å². The highest BCUT2D eigenvalue weighted by molar-refractivity contribution is 5.75. The van der Waals surface area contributed by atoms with E-state index in [9.17, 15) is 4.79 Å². The number of carbonyl (C=O) groups excluding carboxylic acids is 1. The van der Waals surface area contributed by atoms with Crippen LogP contribution in [0.3, 0.4) is 0 Å². The maximum absolute atomic E-state index is 12.0. The van der Waals surface area contributed by atoms with E-state index in [0.717, 1.165) is 31.3 Å². The zero-order valence-electron chi connectivity index (χ0n) is 27.9. The van der Waals surface area contributed by atoms with Gasteiger partial charge in [-0.1, -0.05) is 128 Å². The largest absolute Gasteiger partial charge is 0.356 e. The minimum Gasteiger partial charge on any atom is -0.356 e. The summed E-state index contributed by atoms with van der Waals surface area (Å²) in [6.07, 6.45) is 37.8. The third-order valence-electron chi connectivity index (χ3n) is 9.08. The number of amides is 1. The van der Waals surface area contributed by atoms with Gasteiger partial charge in [-0.15, -0.1) is 0 Å². The molecule has 0 aromatic carbocycles. The average Bonchev–Trinajstić information content (AvgIpc) is 3.68. The second-order valence-corrected chi connectivity index (χ2v) is 13.4. The summed E-state index contributed by atoms with van der Waals surface area (Å²) in [7, 11) is 4.13. The van der Waals surface area contributed by atoms with Crippen molar-refractivity contribution in [1.82, 2.24) is 10.2 Å². The zero-order valence-corrected chi connectivity index (χ0v) is 27.9. The van der Waals surface area contributed by atoms with Crippen LogP contribution in [0.4, 0.5) is 0 Å². The Morgan fingerprint density at radius 3 is 1.73 bits per heavy atom. The number of rotatable bonds is 30. The molecule has 236 valence electrons. The fraction of sp³-hybridized carbons (Fsp3) is 0.919. The first kappa shape index (κ1) is 37.2. The first-order valence-electron chi connectivity index (χ1n) is 18.2. The van der Waals surface area contributed by atoms with Crippen molar-refractivity contribution in [3.8, 4) is 0 Å². The molecule has 0 saturated heterocycles.